The van der Waals surface area contributed by atoms with Gasteiger partial charge in [-0.25, -0.2) is 9.97 Å². The maximum Gasteiger partial charge on any atom is 0.261 e. The predicted molar refractivity (Wildman–Crippen MR) is 143 cm³/mol. The average Bonchev–Trinajstić information content (AvgIpc) is 2.96. The number of carbonyl (C=O) groups is 1. The molecule has 2 atom stereocenters. The van der Waals surface area contributed by atoms with Crippen LogP contribution >= 0.6 is 0 Å². The van der Waals surface area contributed by atoms with Gasteiger partial charge in [-0.1, -0.05) is 19.1 Å². The molecule has 0 saturated carbocycles. The normalized spacial score (nSPS) is 16.9. The van der Waals surface area contributed by atoms with E-state index in [1.54, 1.807) is 12.4 Å². The van der Waals surface area contributed by atoms with E-state index in [9.17, 15) is 4.79 Å². The van der Waals surface area contributed by atoms with Crippen LogP contribution in [0.25, 0.3) is 0 Å². The standard InChI is InChI=1S/C28H36N6O2/c1-4-30-28-32-19-23-24(33-28)12-11-20(2)14-17-34(27(23)35)21-8-7-9-22(18-21)36-26(13-16-29-3)25-10-5-6-15-31-25/h5-10,15,18-20,26,29H,4,11-14,16-17H2,1-3H3,(H,30,32,33). The Balaban J connectivity index is 1.63. The number of fused-ring (bicyclic) bond motifs is 1. The molecule has 4 rings (SSSR count). The van der Waals surface area contributed by atoms with Gasteiger partial charge in [-0.2, -0.15) is 0 Å². The number of pyridine rings is 1. The van der Waals surface area contributed by atoms with Crippen molar-refractivity contribution in [2.45, 2.75) is 45.6 Å². The molecule has 190 valence electrons. The first-order chi connectivity index (χ1) is 17.6. The number of hydrogen-bond donors (Lipinski definition) is 2. The summed E-state index contributed by atoms with van der Waals surface area (Å²) in [7, 11) is 1.93. The molecule has 0 saturated heterocycles. The van der Waals surface area contributed by atoms with Crippen molar-refractivity contribution in [2.75, 3.05) is 36.9 Å². The van der Waals surface area contributed by atoms with Crippen molar-refractivity contribution in [1.82, 2.24) is 20.3 Å². The third-order valence-electron chi connectivity index (χ3n) is 6.48. The molecule has 0 spiro atoms. The summed E-state index contributed by atoms with van der Waals surface area (Å²) < 4.78 is 6.41. The van der Waals surface area contributed by atoms with Crippen molar-refractivity contribution < 1.29 is 9.53 Å². The molecule has 3 heterocycles. The summed E-state index contributed by atoms with van der Waals surface area (Å²) in [4.78, 5) is 29.2. The van der Waals surface area contributed by atoms with Crippen LogP contribution in [0, 0.1) is 5.92 Å². The van der Waals surface area contributed by atoms with Crippen LogP contribution in [-0.4, -0.2) is 47.5 Å². The van der Waals surface area contributed by atoms with Gasteiger partial charge in [-0.3, -0.25) is 9.78 Å². The van der Waals surface area contributed by atoms with E-state index < -0.39 is 0 Å². The molecule has 2 N–H and O–H groups in total. The highest BCUT2D eigenvalue weighted by atomic mass is 16.5. The molecule has 0 radical (unpaired) electrons. The van der Waals surface area contributed by atoms with E-state index in [0.717, 1.165) is 55.8 Å². The first kappa shape index (κ1) is 25.6. The van der Waals surface area contributed by atoms with Crippen molar-refractivity contribution in [2.24, 2.45) is 5.92 Å². The minimum atomic E-state index is -0.196. The van der Waals surface area contributed by atoms with Crippen LogP contribution in [0.2, 0.25) is 0 Å². The first-order valence-electron chi connectivity index (χ1n) is 12.8. The van der Waals surface area contributed by atoms with Gasteiger partial charge in [0, 0.05) is 43.7 Å². The van der Waals surface area contributed by atoms with E-state index >= 15 is 0 Å². The number of benzene rings is 1. The van der Waals surface area contributed by atoms with Crippen LogP contribution < -0.4 is 20.3 Å². The lowest BCUT2D eigenvalue weighted by Gasteiger charge is -2.25. The van der Waals surface area contributed by atoms with Crippen LogP contribution in [0.1, 0.15) is 61.0 Å². The van der Waals surface area contributed by atoms with Crippen molar-refractivity contribution in [3.05, 3.63) is 71.8 Å². The Morgan fingerprint density at radius 1 is 1.17 bits per heavy atom. The molecule has 3 aromatic rings. The highest BCUT2D eigenvalue weighted by Gasteiger charge is 2.26. The molecule has 1 amide bonds. The van der Waals surface area contributed by atoms with Crippen LogP contribution in [-0.2, 0) is 6.42 Å². The zero-order chi connectivity index (χ0) is 25.3. The largest absolute Gasteiger partial charge is 0.484 e. The molecular weight excluding hydrogens is 452 g/mol. The first-order valence-corrected chi connectivity index (χ1v) is 12.8. The summed E-state index contributed by atoms with van der Waals surface area (Å²) in [5.41, 5.74) is 3.06. The fourth-order valence-electron chi connectivity index (χ4n) is 4.40. The number of carbonyl (C=O) groups excluding carboxylic acids is 1. The van der Waals surface area contributed by atoms with E-state index in [-0.39, 0.29) is 12.0 Å². The van der Waals surface area contributed by atoms with Gasteiger partial charge in [0.15, 0.2) is 0 Å². The number of nitrogens with one attached hydrogen (secondary N) is 2. The molecule has 1 aliphatic heterocycles. The molecule has 1 aromatic carbocycles. The van der Waals surface area contributed by atoms with Gasteiger partial charge in [-0.15, -0.1) is 0 Å². The summed E-state index contributed by atoms with van der Waals surface area (Å²) in [5.74, 6) is 1.67. The lowest BCUT2D eigenvalue weighted by atomic mass is 10.00. The molecule has 0 fully saturated rings. The topological polar surface area (TPSA) is 92.3 Å². The zero-order valence-electron chi connectivity index (χ0n) is 21.4. The molecular formula is C28H36N6O2. The maximum atomic E-state index is 13.8. The smallest absolute Gasteiger partial charge is 0.261 e. The minimum Gasteiger partial charge on any atom is -0.484 e. The molecule has 1 aliphatic rings. The lowest BCUT2D eigenvalue weighted by molar-refractivity contribution is 0.0985. The highest BCUT2D eigenvalue weighted by Crippen LogP contribution is 2.30. The molecule has 2 unspecified atom stereocenters. The summed E-state index contributed by atoms with van der Waals surface area (Å²) in [6, 6.07) is 13.6. The Kier molecular flexibility index (Phi) is 8.84. The minimum absolute atomic E-state index is 0.0734. The summed E-state index contributed by atoms with van der Waals surface area (Å²) >= 11 is 0. The second kappa shape index (κ2) is 12.4. The van der Waals surface area contributed by atoms with Crippen LogP contribution in [0.15, 0.2) is 54.9 Å². The van der Waals surface area contributed by atoms with Crippen molar-refractivity contribution in [3.8, 4) is 5.75 Å². The van der Waals surface area contributed by atoms with Crippen molar-refractivity contribution >= 4 is 17.5 Å². The van der Waals surface area contributed by atoms with Gasteiger partial charge in [0.25, 0.3) is 5.91 Å². The van der Waals surface area contributed by atoms with Crippen LogP contribution in [0.3, 0.4) is 0 Å². The van der Waals surface area contributed by atoms with Gasteiger partial charge in [-0.05, 0) is 70.0 Å². The van der Waals surface area contributed by atoms with Crippen molar-refractivity contribution in [3.63, 3.8) is 0 Å². The van der Waals surface area contributed by atoms with Gasteiger partial charge in [0.05, 0.1) is 17.0 Å². The summed E-state index contributed by atoms with van der Waals surface area (Å²) in [6.45, 7) is 6.40. The summed E-state index contributed by atoms with van der Waals surface area (Å²) in [6.07, 6.45) is 6.69. The number of anilines is 2. The zero-order valence-corrected chi connectivity index (χ0v) is 21.4. The molecule has 8 nitrogen and oxygen atoms in total. The molecule has 8 heteroatoms. The quantitative estimate of drug-likeness (QED) is 0.453. The summed E-state index contributed by atoms with van der Waals surface area (Å²) in [5, 5.41) is 6.35. The highest BCUT2D eigenvalue weighted by molar-refractivity contribution is 6.06. The van der Waals surface area contributed by atoms with Crippen LogP contribution in [0.5, 0.6) is 5.75 Å². The number of hydrogen-bond acceptors (Lipinski definition) is 7. The second-order valence-corrected chi connectivity index (χ2v) is 9.22. The number of nitrogens with zero attached hydrogens (tertiary/aromatic N) is 4. The van der Waals surface area contributed by atoms with Gasteiger partial charge >= 0.3 is 0 Å². The van der Waals surface area contributed by atoms with Crippen molar-refractivity contribution in [1.29, 1.82) is 0 Å². The predicted octanol–water partition coefficient (Wildman–Crippen LogP) is 4.65. The Morgan fingerprint density at radius 3 is 2.83 bits per heavy atom. The monoisotopic (exact) mass is 488 g/mol. The molecule has 0 bridgehead atoms. The SMILES string of the molecule is CCNc1ncc2c(n1)CCC(C)CCN(c1cccc(OC(CCNC)c3ccccn3)c1)C2=O. The second-order valence-electron chi connectivity index (χ2n) is 9.22. The Bertz CT molecular complexity index is 1140. The van der Waals surface area contributed by atoms with Gasteiger partial charge < -0.3 is 20.3 Å². The Hall–Kier alpha value is -3.52. The van der Waals surface area contributed by atoms with E-state index in [2.05, 4.69) is 32.5 Å². The lowest BCUT2D eigenvalue weighted by Crippen LogP contribution is -2.33. The number of ether oxygens (including phenoxy) is 1. The number of amides is 1. The fraction of sp³-hybridized carbons (Fsp3) is 0.429. The van der Waals surface area contributed by atoms with Gasteiger partial charge in [0.2, 0.25) is 5.95 Å². The fourth-order valence-corrected chi connectivity index (χ4v) is 4.40. The third-order valence-corrected chi connectivity index (χ3v) is 6.48. The van der Waals surface area contributed by atoms with E-state index in [0.29, 0.717) is 29.7 Å². The van der Waals surface area contributed by atoms with E-state index in [1.165, 1.54) is 0 Å². The molecule has 36 heavy (non-hydrogen) atoms. The number of aryl methyl sites for hydroxylation is 1. The average molecular weight is 489 g/mol. The van der Waals surface area contributed by atoms with Gasteiger partial charge in [0.1, 0.15) is 11.9 Å². The Morgan fingerprint density at radius 2 is 2.06 bits per heavy atom. The third kappa shape index (κ3) is 6.37. The molecule has 0 aliphatic carbocycles. The van der Waals surface area contributed by atoms with E-state index in [1.807, 2.05) is 61.3 Å². The number of rotatable bonds is 9. The maximum absolute atomic E-state index is 13.8. The molecule has 2 aromatic heterocycles. The van der Waals surface area contributed by atoms with Crippen LogP contribution in [0.4, 0.5) is 11.6 Å². The number of aromatic nitrogens is 3. The Labute approximate surface area is 213 Å². The van der Waals surface area contributed by atoms with E-state index in [4.69, 9.17) is 4.74 Å².